The van der Waals surface area contributed by atoms with Crippen LogP contribution in [-0.2, 0) is 41.7 Å². The smallest absolute Gasteiger partial charge is 0.455 e. The van der Waals surface area contributed by atoms with E-state index in [4.69, 9.17) is 46.0 Å². The van der Waals surface area contributed by atoms with E-state index >= 15 is 0 Å². The number of fused-ring (bicyclic) bond motifs is 1. The molecular weight excluding hydrogens is 842 g/mol. The Kier molecular flexibility index (Phi) is 15.0. The Hall–Kier alpha value is -3.43. The number of nitrogen functional groups attached to an aromatic ring is 2. The zero-order valence-electron chi connectivity index (χ0n) is 30.0. The number of phosphoric acid groups is 2. The Balaban J connectivity index is 1.34. The van der Waals surface area contributed by atoms with Crippen LogP contribution in [0.5, 0.6) is 0 Å². The fraction of sp³-hybridized carbons (Fsp3) is 0.630. The Morgan fingerprint density at radius 1 is 1.12 bits per heavy atom. The molecule has 0 aliphatic carbocycles. The van der Waals surface area contributed by atoms with E-state index < -0.39 is 94.8 Å². The first-order valence-corrected chi connectivity index (χ1v) is 22.1. The average Bonchev–Trinajstić information content (AvgIpc) is 3.82. The summed E-state index contributed by atoms with van der Waals surface area (Å²) in [7, 11) is -7.38. The van der Waals surface area contributed by atoms with Gasteiger partial charge in [0.15, 0.2) is 23.8 Å². The molecular formula is C27H40N12O14P2S2. The highest BCUT2D eigenvalue weighted by molar-refractivity contribution is 8.77. The third-order valence-corrected chi connectivity index (χ3v) is 13.1. The molecule has 57 heavy (non-hydrogen) atoms. The number of nitrogens with zero attached hydrogens (tertiary/aromatic N) is 9. The van der Waals surface area contributed by atoms with Gasteiger partial charge in [-0.15, -0.1) is 0 Å². The summed E-state index contributed by atoms with van der Waals surface area (Å²) >= 11 is 0. The first kappa shape index (κ1) is 44.7. The van der Waals surface area contributed by atoms with Crippen molar-refractivity contribution in [1.82, 2.24) is 29.1 Å². The molecule has 0 amide bonds. The number of aliphatic hydroxyl groups excluding tert-OH is 1. The predicted octanol–water partition coefficient (Wildman–Crippen LogP) is 0.503. The third kappa shape index (κ3) is 11.8. The van der Waals surface area contributed by atoms with Gasteiger partial charge in [0, 0.05) is 34.6 Å². The zero-order valence-corrected chi connectivity index (χ0v) is 33.4. The van der Waals surface area contributed by atoms with Crippen LogP contribution in [-0.4, -0.2) is 122 Å². The quantitative estimate of drug-likeness (QED) is 0.0215. The topological polar surface area (TPSA) is 393 Å². The van der Waals surface area contributed by atoms with Gasteiger partial charge in [-0.05, 0) is 18.0 Å². The second kappa shape index (κ2) is 19.1. The van der Waals surface area contributed by atoms with Gasteiger partial charge in [0.25, 0.3) is 0 Å². The molecule has 5 rings (SSSR count). The number of carbonyl (C=O) groups is 1. The molecule has 0 radical (unpaired) electrons. The van der Waals surface area contributed by atoms with E-state index in [0.29, 0.717) is 0 Å². The van der Waals surface area contributed by atoms with Gasteiger partial charge in [0.05, 0.1) is 19.5 Å². The van der Waals surface area contributed by atoms with Crippen LogP contribution in [0.15, 0.2) is 34.8 Å². The maximum atomic E-state index is 13.4. The zero-order chi connectivity index (χ0) is 41.7. The Morgan fingerprint density at radius 2 is 1.86 bits per heavy atom. The number of hydrogen-bond donors (Lipinski definition) is 7. The van der Waals surface area contributed by atoms with Gasteiger partial charge in [-0.25, -0.2) is 28.9 Å². The summed E-state index contributed by atoms with van der Waals surface area (Å²) < 4.78 is 59.6. The van der Waals surface area contributed by atoms with E-state index in [0.717, 1.165) is 10.9 Å². The van der Waals surface area contributed by atoms with E-state index in [9.17, 15) is 38.5 Å². The van der Waals surface area contributed by atoms with E-state index in [1.165, 1.54) is 44.7 Å². The Bertz CT molecular complexity index is 2090. The van der Waals surface area contributed by atoms with Gasteiger partial charge < -0.3 is 51.2 Å². The van der Waals surface area contributed by atoms with Crippen molar-refractivity contribution in [3.63, 3.8) is 0 Å². The van der Waals surface area contributed by atoms with Crippen molar-refractivity contribution in [3.8, 4) is 0 Å². The second-order valence-corrected chi connectivity index (χ2v) is 18.6. The molecule has 2 fully saturated rings. The number of nitrogens with two attached hydrogens (primary N) is 3. The lowest BCUT2D eigenvalue weighted by Gasteiger charge is -2.25. The summed E-state index contributed by atoms with van der Waals surface area (Å²) in [6.45, 7) is 2.23. The van der Waals surface area contributed by atoms with E-state index in [-0.39, 0.29) is 47.4 Å². The lowest BCUT2D eigenvalue weighted by molar-refractivity contribution is -0.158. The number of anilines is 2. The summed E-state index contributed by atoms with van der Waals surface area (Å²) in [6, 6.07) is -0.00194. The van der Waals surface area contributed by atoms with Crippen LogP contribution in [0.2, 0.25) is 0 Å². The minimum Gasteiger partial charge on any atom is -0.455 e. The van der Waals surface area contributed by atoms with E-state index in [1.54, 1.807) is 0 Å². The number of carbonyl (C=O) groups excluding carboxylic acids is 1. The maximum absolute atomic E-state index is 13.4. The molecule has 3 aromatic heterocycles. The van der Waals surface area contributed by atoms with Crippen molar-refractivity contribution < 1.29 is 61.5 Å². The average molecular weight is 883 g/mol. The summed E-state index contributed by atoms with van der Waals surface area (Å²) in [5.41, 5.74) is 25.9. The first-order chi connectivity index (χ1) is 26.9. The summed E-state index contributed by atoms with van der Waals surface area (Å²) in [5.74, 6) is -1.08. The number of ether oxygens (including phenoxy) is 3. The van der Waals surface area contributed by atoms with Gasteiger partial charge in [0.1, 0.15) is 54.3 Å². The SMILES string of the molecule is CC(C)SSC(CN=[N+]=[N-])CC(N)C(=O)O[C@@H]1[C@H](COP(=O)(O)O[C@H]2CC(n3ccc(N)nc3=O)O[C@@H]2COP(=O)(O)O)OC(n2cnc3c(N)ncnc32)[C@@H]1O. The number of phosphoric ester groups is 2. The highest BCUT2D eigenvalue weighted by Gasteiger charge is 2.50. The van der Waals surface area contributed by atoms with Gasteiger partial charge >= 0.3 is 27.3 Å². The van der Waals surface area contributed by atoms with Gasteiger partial charge in [-0.2, -0.15) is 4.98 Å². The maximum Gasteiger partial charge on any atom is 0.472 e. The molecule has 2 aliphatic rings. The molecule has 0 aromatic carbocycles. The number of azide groups is 1. The van der Waals surface area contributed by atoms with Crippen LogP contribution in [0.4, 0.5) is 11.6 Å². The Morgan fingerprint density at radius 3 is 2.54 bits per heavy atom. The van der Waals surface area contributed by atoms with Crippen LogP contribution < -0.4 is 22.9 Å². The molecule has 0 spiro atoms. The third-order valence-electron chi connectivity index (χ3n) is 8.19. The summed E-state index contributed by atoms with van der Waals surface area (Å²) in [6.07, 6.45) is -6.95. The molecule has 5 unspecified atom stereocenters. The van der Waals surface area contributed by atoms with E-state index in [2.05, 4.69) is 34.5 Å². The summed E-state index contributed by atoms with van der Waals surface area (Å²) in [4.78, 5) is 73.8. The molecule has 2 saturated heterocycles. The normalized spacial score (nSPS) is 25.9. The van der Waals surface area contributed by atoms with Crippen molar-refractivity contribution in [2.75, 3.05) is 31.2 Å². The summed E-state index contributed by atoms with van der Waals surface area (Å²) in [5, 5.41) is 14.9. The molecule has 10 N–H and O–H groups in total. The van der Waals surface area contributed by atoms with Crippen LogP contribution in [0.25, 0.3) is 21.6 Å². The van der Waals surface area contributed by atoms with Crippen molar-refractivity contribution in [2.45, 2.75) is 86.2 Å². The minimum absolute atomic E-state index is 0.00838. The number of rotatable bonds is 19. The van der Waals surface area contributed by atoms with Gasteiger partial charge in [-0.1, -0.05) is 40.5 Å². The lowest BCUT2D eigenvalue weighted by atomic mass is 10.1. The van der Waals surface area contributed by atoms with Gasteiger partial charge in [0.2, 0.25) is 0 Å². The molecule has 2 aliphatic heterocycles. The highest BCUT2D eigenvalue weighted by Crippen LogP contribution is 2.50. The molecule has 0 bridgehead atoms. The monoisotopic (exact) mass is 882 g/mol. The number of hydrogen-bond acceptors (Lipinski definition) is 21. The predicted molar refractivity (Wildman–Crippen MR) is 200 cm³/mol. The van der Waals surface area contributed by atoms with Crippen molar-refractivity contribution in [3.05, 3.63) is 45.8 Å². The van der Waals surface area contributed by atoms with Gasteiger partial charge in [-0.3, -0.25) is 27.5 Å². The van der Waals surface area contributed by atoms with E-state index in [1.807, 2.05) is 13.8 Å². The highest BCUT2D eigenvalue weighted by atomic mass is 33.1. The van der Waals surface area contributed by atoms with Crippen LogP contribution in [0.1, 0.15) is 39.1 Å². The molecule has 314 valence electrons. The second-order valence-electron chi connectivity index (χ2n) is 12.8. The van der Waals surface area contributed by atoms with Crippen molar-refractivity contribution >= 4 is 66.0 Å². The fourth-order valence-corrected chi connectivity index (χ4v) is 9.32. The molecule has 10 atom stereocenters. The number of imidazole rings is 1. The van der Waals surface area contributed by atoms with Crippen molar-refractivity contribution in [1.29, 1.82) is 0 Å². The Labute approximate surface area is 330 Å². The molecule has 30 heteroatoms. The molecule has 0 saturated carbocycles. The minimum atomic E-state index is -5.18. The van der Waals surface area contributed by atoms with Crippen molar-refractivity contribution in [2.24, 2.45) is 10.8 Å². The van der Waals surface area contributed by atoms with Crippen LogP contribution >= 0.6 is 37.2 Å². The molecule has 5 heterocycles. The lowest BCUT2D eigenvalue weighted by Crippen LogP contribution is -2.44. The first-order valence-electron chi connectivity index (χ1n) is 16.8. The number of aromatic nitrogens is 6. The number of aliphatic hydroxyl groups is 1. The largest absolute Gasteiger partial charge is 0.472 e. The standard InChI is InChI=1S/C27H40N12O14P2S2/c1-12(2)56-57-13(7-35-37-31)5-14(28)26(41)52-22-17(51-25(21(22)40)39-11-34-20-23(30)32-10-33-24(20)39)9-49-55(46,47)53-15-6-19(38-4-3-18(29)36-27(38)42)50-16(15)8-48-54(43,44)45/h3-4,10-17,19,21-22,25,40H,5-9,28H2,1-2H3,(H,46,47)(H2,29,36,42)(H2,30,32,33)(H2,43,44,45)/t13?,14?,15-,16+,17-,19?,21+,22+,25?/m0/s1. The van der Waals surface area contributed by atoms with Crippen LogP contribution in [0.3, 0.4) is 0 Å². The number of esters is 1. The van der Waals surface area contributed by atoms with Crippen LogP contribution in [0, 0.1) is 0 Å². The fourth-order valence-electron chi connectivity index (χ4n) is 5.66. The molecule has 26 nitrogen and oxygen atoms in total. The molecule has 3 aromatic rings.